The molecule has 4 nitrogen and oxygen atoms in total. The van der Waals surface area contributed by atoms with Crippen LogP contribution < -0.4 is 5.73 Å². The number of nitrogens with two attached hydrogens (primary N) is 1. The molecule has 0 fully saturated rings. The molecule has 0 aliphatic carbocycles. The summed E-state index contributed by atoms with van der Waals surface area (Å²) in [5.41, 5.74) is 5.14. The molecule has 1 aliphatic heterocycles. The number of amidine groups is 1. The van der Waals surface area contributed by atoms with Gasteiger partial charge in [0, 0.05) is 16.1 Å². The Morgan fingerprint density at radius 3 is 2.42 bits per heavy atom. The Balaban J connectivity index is 2.22. The van der Waals surface area contributed by atoms with E-state index in [1.165, 1.54) is 19.9 Å². The van der Waals surface area contributed by atoms with Crippen molar-refractivity contribution in [3.8, 4) is 0 Å². The van der Waals surface area contributed by atoms with E-state index >= 15 is 0 Å². The van der Waals surface area contributed by atoms with Gasteiger partial charge in [-0.1, -0.05) is 34.1 Å². The SMILES string of the molecule is C[C@@]1(c2ccc(F)cc2F)CS(=O)(=O)[C@@](C)(c2cccc(Br)c2)C(N)=N1. The molecule has 2 aromatic rings. The minimum atomic E-state index is -3.86. The number of rotatable bonds is 2. The lowest BCUT2D eigenvalue weighted by molar-refractivity contribution is 0.469. The molecule has 3 rings (SSSR count). The fraction of sp³-hybridized carbons (Fsp3) is 0.278. The van der Waals surface area contributed by atoms with E-state index in [4.69, 9.17) is 5.73 Å². The van der Waals surface area contributed by atoms with Crippen LogP contribution in [0.4, 0.5) is 8.78 Å². The average molecular weight is 443 g/mol. The van der Waals surface area contributed by atoms with Crippen LogP contribution in [-0.4, -0.2) is 20.0 Å². The van der Waals surface area contributed by atoms with E-state index in [0.29, 0.717) is 16.1 Å². The van der Waals surface area contributed by atoms with Gasteiger partial charge in [0.1, 0.15) is 23.0 Å². The highest BCUT2D eigenvalue weighted by Gasteiger charge is 2.53. The summed E-state index contributed by atoms with van der Waals surface area (Å²) in [7, 11) is -3.86. The highest BCUT2D eigenvalue weighted by atomic mass is 79.9. The molecule has 2 N–H and O–H groups in total. The number of benzene rings is 2. The molecule has 1 heterocycles. The molecule has 1 aliphatic rings. The van der Waals surface area contributed by atoms with E-state index in [2.05, 4.69) is 20.9 Å². The van der Waals surface area contributed by atoms with Crippen molar-refractivity contribution < 1.29 is 17.2 Å². The second-order valence-electron chi connectivity index (χ2n) is 6.70. The quantitative estimate of drug-likeness (QED) is 0.771. The lowest BCUT2D eigenvalue weighted by atomic mass is 9.92. The summed E-state index contributed by atoms with van der Waals surface area (Å²) >= 11 is 3.33. The Morgan fingerprint density at radius 1 is 1.15 bits per heavy atom. The van der Waals surface area contributed by atoms with Gasteiger partial charge in [0.25, 0.3) is 0 Å². The largest absolute Gasteiger partial charge is 0.386 e. The minimum Gasteiger partial charge on any atom is -0.386 e. The third-order valence-electron chi connectivity index (χ3n) is 4.84. The third kappa shape index (κ3) is 2.85. The highest BCUT2D eigenvalue weighted by Crippen LogP contribution is 2.43. The fourth-order valence-electron chi connectivity index (χ4n) is 3.26. The maximum Gasteiger partial charge on any atom is 0.169 e. The van der Waals surface area contributed by atoms with Crippen LogP contribution in [0.3, 0.4) is 0 Å². The predicted molar refractivity (Wildman–Crippen MR) is 101 cm³/mol. The van der Waals surface area contributed by atoms with Crippen LogP contribution >= 0.6 is 15.9 Å². The van der Waals surface area contributed by atoms with Crippen LogP contribution in [0.2, 0.25) is 0 Å². The summed E-state index contributed by atoms with van der Waals surface area (Å²) < 4.78 is 53.1. The van der Waals surface area contributed by atoms with E-state index in [9.17, 15) is 17.2 Å². The zero-order chi connectivity index (χ0) is 19.3. The molecule has 0 saturated carbocycles. The van der Waals surface area contributed by atoms with E-state index in [0.717, 1.165) is 6.07 Å². The standard InChI is InChI=1S/C18H17BrF2N2O2S/c1-17(14-7-6-13(20)9-15(14)21)10-26(24,25)18(2,16(22)23-17)11-4-3-5-12(19)8-11/h3-9H,10H2,1-2H3,(H2,22,23)/t17-,18-/m0/s1. The first-order valence-corrected chi connectivity index (χ1v) is 10.2. The molecule has 138 valence electrons. The number of aliphatic imine (C=N–C) groups is 1. The molecule has 0 radical (unpaired) electrons. The van der Waals surface area contributed by atoms with E-state index in [-0.39, 0.29) is 11.4 Å². The predicted octanol–water partition coefficient (Wildman–Crippen LogP) is 3.64. The van der Waals surface area contributed by atoms with Crippen molar-refractivity contribution in [3.63, 3.8) is 0 Å². The zero-order valence-electron chi connectivity index (χ0n) is 14.1. The van der Waals surface area contributed by atoms with Gasteiger partial charge in [-0.15, -0.1) is 0 Å². The van der Waals surface area contributed by atoms with Crippen molar-refractivity contribution in [1.29, 1.82) is 0 Å². The van der Waals surface area contributed by atoms with Gasteiger partial charge in [-0.3, -0.25) is 4.99 Å². The number of hydrogen-bond donors (Lipinski definition) is 1. The summed E-state index contributed by atoms with van der Waals surface area (Å²) in [5.74, 6) is -2.19. The zero-order valence-corrected chi connectivity index (χ0v) is 16.5. The van der Waals surface area contributed by atoms with E-state index < -0.39 is 37.5 Å². The Bertz CT molecular complexity index is 1030. The van der Waals surface area contributed by atoms with Crippen molar-refractivity contribution in [1.82, 2.24) is 0 Å². The topological polar surface area (TPSA) is 72.5 Å². The molecule has 0 spiro atoms. The number of halogens is 3. The third-order valence-corrected chi connectivity index (χ3v) is 7.96. The maximum absolute atomic E-state index is 14.3. The summed E-state index contributed by atoms with van der Waals surface area (Å²) in [6.45, 7) is 2.97. The first-order chi connectivity index (χ1) is 12.0. The summed E-state index contributed by atoms with van der Waals surface area (Å²) in [6, 6.07) is 9.80. The van der Waals surface area contributed by atoms with E-state index in [1.807, 2.05) is 0 Å². The van der Waals surface area contributed by atoms with Gasteiger partial charge in [0.05, 0.1) is 5.75 Å². The van der Waals surface area contributed by atoms with Gasteiger partial charge in [-0.05, 0) is 37.6 Å². The smallest absolute Gasteiger partial charge is 0.169 e. The molecule has 8 heteroatoms. The number of nitrogens with zero attached hydrogens (tertiary/aromatic N) is 1. The Hall–Kier alpha value is -1.80. The summed E-state index contributed by atoms with van der Waals surface area (Å²) in [6.07, 6.45) is 0. The van der Waals surface area contributed by atoms with Crippen molar-refractivity contribution >= 4 is 31.6 Å². The molecule has 2 aromatic carbocycles. The normalized spacial score (nSPS) is 27.8. The Morgan fingerprint density at radius 2 is 1.85 bits per heavy atom. The first kappa shape index (κ1) is 19.0. The molecule has 0 saturated heterocycles. The van der Waals surface area contributed by atoms with Gasteiger partial charge in [0.15, 0.2) is 14.6 Å². The molecule has 0 amide bonds. The monoisotopic (exact) mass is 442 g/mol. The van der Waals surface area contributed by atoms with Crippen LogP contribution in [0.1, 0.15) is 25.0 Å². The molecule has 0 aromatic heterocycles. The van der Waals surface area contributed by atoms with Gasteiger partial charge in [-0.2, -0.15) is 0 Å². The van der Waals surface area contributed by atoms with Crippen LogP contribution in [-0.2, 0) is 20.1 Å². The van der Waals surface area contributed by atoms with Crippen molar-refractivity contribution in [3.05, 3.63) is 69.7 Å². The average Bonchev–Trinajstić information content (AvgIpc) is 2.51. The number of sulfone groups is 1. The van der Waals surface area contributed by atoms with Crippen molar-refractivity contribution in [2.24, 2.45) is 10.7 Å². The molecular formula is C18H17BrF2N2O2S. The summed E-state index contributed by atoms with van der Waals surface area (Å²) in [5, 5.41) is 0. The highest BCUT2D eigenvalue weighted by molar-refractivity contribution is 9.10. The van der Waals surface area contributed by atoms with Gasteiger partial charge in [-0.25, -0.2) is 17.2 Å². The molecule has 0 unspecified atom stereocenters. The van der Waals surface area contributed by atoms with Crippen molar-refractivity contribution in [2.75, 3.05) is 5.75 Å². The second-order valence-corrected chi connectivity index (χ2v) is 9.95. The van der Waals surface area contributed by atoms with Crippen LogP contribution in [0.25, 0.3) is 0 Å². The van der Waals surface area contributed by atoms with E-state index in [1.54, 1.807) is 24.3 Å². The fourth-order valence-corrected chi connectivity index (χ4v) is 5.75. The van der Waals surface area contributed by atoms with Crippen LogP contribution in [0.15, 0.2) is 51.9 Å². The lowest BCUT2D eigenvalue weighted by Gasteiger charge is -2.40. The van der Waals surface area contributed by atoms with Crippen LogP contribution in [0, 0.1) is 11.6 Å². The second kappa shape index (κ2) is 6.13. The molecule has 0 bridgehead atoms. The maximum atomic E-state index is 14.3. The van der Waals surface area contributed by atoms with Crippen LogP contribution in [0.5, 0.6) is 0 Å². The Kier molecular flexibility index (Phi) is 4.47. The Labute approximate surface area is 159 Å². The minimum absolute atomic E-state index is 0.0123. The van der Waals surface area contributed by atoms with Crippen molar-refractivity contribution in [2.45, 2.75) is 24.1 Å². The molecule has 2 atom stereocenters. The van der Waals surface area contributed by atoms with Gasteiger partial charge in [0.2, 0.25) is 0 Å². The molecule has 26 heavy (non-hydrogen) atoms. The first-order valence-electron chi connectivity index (χ1n) is 7.79. The van der Waals surface area contributed by atoms with Gasteiger partial charge >= 0.3 is 0 Å². The molecular weight excluding hydrogens is 426 g/mol. The lowest BCUT2D eigenvalue weighted by Crippen LogP contribution is -2.54. The number of hydrogen-bond acceptors (Lipinski definition) is 4. The van der Waals surface area contributed by atoms with Gasteiger partial charge < -0.3 is 5.73 Å². The summed E-state index contributed by atoms with van der Waals surface area (Å²) in [4.78, 5) is 4.37.